The second-order valence-corrected chi connectivity index (χ2v) is 8.80. The molecular weight excluding hydrogens is 368 g/mol. The molecular formula is C22H34N4O3. The first kappa shape index (κ1) is 21.7. The first-order valence-electron chi connectivity index (χ1n) is 10.9. The van der Waals surface area contributed by atoms with Crippen molar-refractivity contribution in [3.63, 3.8) is 0 Å². The van der Waals surface area contributed by atoms with Crippen LogP contribution in [0.5, 0.6) is 0 Å². The first-order chi connectivity index (χ1) is 13.8. The Kier molecular flexibility index (Phi) is 6.88. The quantitative estimate of drug-likeness (QED) is 0.700. The van der Waals surface area contributed by atoms with Gasteiger partial charge in [0.15, 0.2) is 5.82 Å². The summed E-state index contributed by atoms with van der Waals surface area (Å²) in [6.45, 7) is 11.6. The van der Waals surface area contributed by atoms with E-state index in [1.54, 1.807) is 0 Å². The molecule has 0 aromatic carbocycles. The number of fused-ring (bicyclic) bond motifs is 1. The smallest absolute Gasteiger partial charge is 0.249 e. The van der Waals surface area contributed by atoms with Crippen LogP contribution in [0.25, 0.3) is 0 Å². The molecule has 0 spiro atoms. The summed E-state index contributed by atoms with van der Waals surface area (Å²) < 4.78 is 5.52. The van der Waals surface area contributed by atoms with Crippen LogP contribution in [0.4, 0.5) is 5.82 Å². The Labute approximate surface area is 173 Å². The normalized spacial score (nSPS) is 19.4. The predicted molar refractivity (Wildman–Crippen MR) is 112 cm³/mol. The van der Waals surface area contributed by atoms with Gasteiger partial charge in [-0.25, -0.2) is 9.97 Å². The number of hydrogen-bond donors (Lipinski definition) is 0. The lowest BCUT2D eigenvalue weighted by Crippen LogP contribution is -2.39. The second kappa shape index (κ2) is 9.20. The van der Waals surface area contributed by atoms with Crippen molar-refractivity contribution < 1.29 is 14.3 Å². The van der Waals surface area contributed by atoms with Crippen molar-refractivity contribution in [2.24, 2.45) is 5.92 Å². The van der Waals surface area contributed by atoms with Gasteiger partial charge in [-0.05, 0) is 52.4 Å². The molecule has 0 radical (unpaired) electrons. The molecule has 0 saturated carbocycles. The maximum Gasteiger partial charge on any atom is 0.249 e. The van der Waals surface area contributed by atoms with Gasteiger partial charge < -0.3 is 9.64 Å². The van der Waals surface area contributed by atoms with Crippen molar-refractivity contribution in [2.45, 2.75) is 78.9 Å². The van der Waals surface area contributed by atoms with E-state index in [1.165, 1.54) is 0 Å². The Morgan fingerprint density at radius 3 is 2.66 bits per heavy atom. The number of nitrogens with zero attached hydrogens (tertiary/aromatic N) is 4. The average Bonchev–Trinajstić information content (AvgIpc) is 3.14. The largest absolute Gasteiger partial charge is 0.369 e. The Balaban J connectivity index is 1.88. The molecule has 1 aromatic heterocycles. The molecule has 29 heavy (non-hydrogen) atoms. The van der Waals surface area contributed by atoms with Crippen molar-refractivity contribution in [1.29, 1.82) is 0 Å². The van der Waals surface area contributed by atoms with E-state index in [9.17, 15) is 9.59 Å². The summed E-state index contributed by atoms with van der Waals surface area (Å²) >= 11 is 0. The molecule has 2 amide bonds. The lowest BCUT2D eigenvalue weighted by molar-refractivity contribution is -0.138. The number of aryl methyl sites for hydroxylation is 1. The van der Waals surface area contributed by atoms with E-state index in [1.807, 2.05) is 30.6 Å². The van der Waals surface area contributed by atoms with E-state index in [4.69, 9.17) is 14.7 Å². The zero-order valence-corrected chi connectivity index (χ0v) is 18.4. The van der Waals surface area contributed by atoms with Crippen molar-refractivity contribution in [3.05, 3.63) is 17.1 Å². The number of rotatable bonds is 7. The van der Waals surface area contributed by atoms with Gasteiger partial charge in [0, 0.05) is 30.8 Å². The standard InChI is InChI=1S/C22H34N4O3/c1-14(2)10-12-26-19(27)9-8-17-16(5)23-21(24-22(17)26)18-7-6-11-25(18)20(28)13-29-15(3)4/h14-15,18H,6-13H2,1-5H3/t18-/m1/s1. The monoisotopic (exact) mass is 402 g/mol. The van der Waals surface area contributed by atoms with Gasteiger partial charge in [-0.3, -0.25) is 14.5 Å². The van der Waals surface area contributed by atoms with Crippen LogP contribution in [-0.2, 0) is 20.7 Å². The van der Waals surface area contributed by atoms with E-state index in [2.05, 4.69) is 13.8 Å². The van der Waals surface area contributed by atoms with Gasteiger partial charge in [0.25, 0.3) is 0 Å². The van der Waals surface area contributed by atoms with Gasteiger partial charge in [-0.1, -0.05) is 13.8 Å². The van der Waals surface area contributed by atoms with Crippen molar-refractivity contribution in [2.75, 3.05) is 24.6 Å². The summed E-state index contributed by atoms with van der Waals surface area (Å²) in [6, 6.07) is -0.147. The molecule has 160 valence electrons. The number of aromatic nitrogens is 2. The number of carbonyl (C=O) groups excluding carboxylic acids is 2. The fourth-order valence-corrected chi connectivity index (χ4v) is 4.02. The topological polar surface area (TPSA) is 75.6 Å². The Bertz CT molecular complexity index is 763. The van der Waals surface area contributed by atoms with Crippen LogP contribution < -0.4 is 4.90 Å². The average molecular weight is 403 g/mol. The number of carbonyl (C=O) groups is 2. The van der Waals surface area contributed by atoms with Crippen LogP contribution in [0, 0.1) is 12.8 Å². The van der Waals surface area contributed by atoms with Gasteiger partial charge in [0.1, 0.15) is 12.4 Å². The maximum absolute atomic E-state index is 12.7. The van der Waals surface area contributed by atoms with E-state index in [0.717, 1.165) is 36.3 Å². The van der Waals surface area contributed by atoms with E-state index in [-0.39, 0.29) is 30.6 Å². The molecule has 7 nitrogen and oxygen atoms in total. The summed E-state index contributed by atoms with van der Waals surface area (Å²) in [5.41, 5.74) is 1.99. The van der Waals surface area contributed by atoms with Gasteiger partial charge in [-0.2, -0.15) is 0 Å². The van der Waals surface area contributed by atoms with E-state index >= 15 is 0 Å². The maximum atomic E-state index is 12.7. The molecule has 2 aliphatic heterocycles. The van der Waals surface area contributed by atoms with Crippen LogP contribution in [0.1, 0.15) is 76.5 Å². The molecule has 0 unspecified atom stereocenters. The van der Waals surface area contributed by atoms with Crippen LogP contribution in [0.15, 0.2) is 0 Å². The minimum absolute atomic E-state index is 0.0165. The molecule has 7 heteroatoms. The number of amides is 2. The summed E-state index contributed by atoms with van der Waals surface area (Å²) in [5, 5.41) is 0. The molecule has 0 bridgehead atoms. The molecule has 1 saturated heterocycles. The van der Waals surface area contributed by atoms with Crippen LogP contribution in [0.3, 0.4) is 0 Å². The number of ether oxygens (including phenoxy) is 1. The minimum atomic E-state index is -0.147. The number of anilines is 1. The summed E-state index contributed by atoms with van der Waals surface area (Å²) in [5.74, 6) is 2.03. The van der Waals surface area contributed by atoms with Gasteiger partial charge in [0.05, 0.1) is 12.1 Å². The highest BCUT2D eigenvalue weighted by molar-refractivity contribution is 5.95. The molecule has 1 aromatic rings. The fourth-order valence-electron chi connectivity index (χ4n) is 4.02. The van der Waals surface area contributed by atoms with Crippen molar-refractivity contribution >= 4 is 17.6 Å². The van der Waals surface area contributed by atoms with Crippen LogP contribution >= 0.6 is 0 Å². The molecule has 0 aliphatic carbocycles. The third-order valence-electron chi connectivity index (χ3n) is 5.70. The third-order valence-corrected chi connectivity index (χ3v) is 5.70. The second-order valence-electron chi connectivity index (χ2n) is 8.80. The Morgan fingerprint density at radius 1 is 1.21 bits per heavy atom. The number of hydrogen-bond acceptors (Lipinski definition) is 5. The third kappa shape index (κ3) is 4.94. The molecule has 3 rings (SSSR count). The molecule has 1 fully saturated rings. The predicted octanol–water partition coefficient (Wildman–Crippen LogP) is 3.20. The lowest BCUT2D eigenvalue weighted by Gasteiger charge is -2.31. The van der Waals surface area contributed by atoms with E-state index < -0.39 is 0 Å². The molecule has 3 heterocycles. The van der Waals surface area contributed by atoms with E-state index in [0.29, 0.717) is 37.7 Å². The van der Waals surface area contributed by atoms with Crippen molar-refractivity contribution in [3.8, 4) is 0 Å². The summed E-state index contributed by atoms with van der Waals surface area (Å²) in [6.07, 6.45) is 3.91. The van der Waals surface area contributed by atoms with Crippen LogP contribution in [0.2, 0.25) is 0 Å². The first-order valence-corrected chi connectivity index (χ1v) is 10.9. The van der Waals surface area contributed by atoms with Gasteiger partial charge in [0.2, 0.25) is 11.8 Å². The fraction of sp³-hybridized carbons (Fsp3) is 0.727. The molecule has 1 atom stereocenters. The minimum Gasteiger partial charge on any atom is -0.369 e. The molecule has 2 aliphatic rings. The molecule has 0 N–H and O–H groups in total. The summed E-state index contributed by atoms with van der Waals surface area (Å²) in [7, 11) is 0. The highest BCUT2D eigenvalue weighted by Gasteiger charge is 2.35. The number of likely N-dealkylation sites (tertiary alicyclic amines) is 1. The highest BCUT2D eigenvalue weighted by Crippen LogP contribution is 2.34. The zero-order valence-electron chi connectivity index (χ0n) is 18.4. The van der Waals surface area contributed by atoms with Gasteiger partial charge >= 0.3 is 0 Å². The Hall–Kier alpha value is -2.02. The van der Waals surface area contributed by atoms with Crippen LogP contribution in [-0.4, -0.2) is 52.5 Å². The highest BCUT2D eigenvalue weighted by atomic mass is 16.5. The SMILES string of the molecule is Cc1nc([C@H]2CCCN2C(=O)COC(C)C)nc2c1CCC(=O)N2CCC(C)C. The Morgan fingerprint density at radius 2 is 1.97 bits per heavy atom. The summed E-state index contributed by atoms with van der Waals surface area (Å²) in [4.78, 5) is 38.6. The zero-order chi connectivity index (χ0) is 21.1. The lowest BCUT2D eigenvalue weighted by atomic mass is 10.0. The van der Waals surface area contributed by atoms with Crippen molar-refractivity contribution in [1.82, 2.24) is 14.9 Å². The van der Waals surface area contributed by atoms with Gasteiger partial charge in [-0.15, -0.1) is 0 Å².